The van der Waals surface area contributed by atoms with Crippen molar-refractivity contribution < 1.29 is 4.42 Å². The molecule has 13 aromatic rings. The number of anilines is 3. The number of benzene rings is 11. The minimum Gasteiger partial charge on any atom is -0.456 e. The molecule has 2 aromatic heterocycles. The molecular formula is C60H38N2O. The first-order valence-electron chi connectivity index (χ1n) is 21.6. The van der Waals surface area contributed by atoms with Gasteiger partial charge in [0, 0.05) is 44.3 Å². The van der Waals surface area contributed by atoms with Crippen LogP contribution in [0.15, 0.2) is 235 Å². The van der Waals surface area contributed by atoms with Crippen molar-refractivity contribution in [2.24, 2.45) is 0 Å². The number of furan rings is 1. The zero-order chi connectivity index (χ0) is 41.4. The number of para-hydroxylation sites is 5. The summed E-state index contributed by atoms with van der Waals surface area (Å²) in [6, 6.07) is 83.6. The van der Waals surface area contributed by atoms with Crippen molar-refractivity contribution in [3.05, 3.63) is 231 Å². The Morgan fingerprint density at radius 3 is 1.60 bits per heavy atom. The molecule has 0 saturated heterocycles. The predicted molar refractivity (Wildman–Crippen MR) is 266 cm³/mol. The first-order chi connectivity index (χ1) is 31.2. The Kier molecular flexibility index (Phi) is 7.91. The summed E-state index contributed by atoms with van der Waals surface area (Å²) < 4.78 is 9.11. The average Bonchev–Trinajstić information content (AvgIpc) is 3.88. The van der Waals surface area contributed by atoms with Gasteiger partial charge in [-0.1, -0.05) is 140 Å². The standard InChI is InChI=1S/C60H38N2O/c1-4-18-43(19-5-1)61(44-20-6-2-7-21-44)46-32-30-40(31-33-46)59-53-37-56-51(47-24-12-14-26-55(47)62(56)45-22-8-3-9-23-45)35-49(53)50-36-52-48-25-13-15-27-57(48)63-58(52)38-54(50)60(59)42-29-28-39-16-10-11-17-41(39)34-42/h1-38H. The largest absolute Gasteiger partial charge is 0.456 e. The van der Waals surface area contributed by atoms with E-state index in [1.165, 1.54) is 59.9 Å². The fourth-order valence-electron chi connectivity index (χ4n) is 10.1. The minimum atomic E-state index is 0.884. The molecule has 294 valence electrons. The quantitative estimate of drug-likeness (QED) is 0.156. The molecule has 0 saturated carbocycles. The van der Waals surface area contributed by atoms with Crippen LogP contribution in [-0.4, -0.2) is 4.57 Å². The van der Waals surface area contributed by atoms with Crippen molar-refractivity contribution in [3.63, 3.8) is 0 Å². The Morgan fingerprint density at radius 1 is 0.302 bits per heavy atom. The number of hydrogen-bond acceptors (Lipinski definition) is 2. The van der Waals surface area contributed by atoms with E-state index in [0.29, 0.717) is 0 Å². The predicted octanol–water partition coefficient (Wildman–Crippen LogP) is 16.9. The third-order valence-corrected chi connectivity index (χ3v) is 12.9. The number of hydrogen-bond donors (Lipinski definition) is 0. The highest BCUT2D eigenvalue weighted by molar-refractivity contribution is 6.28. The SMILES string of the molecule is c1ccc(N(c2ccccc2)c2ccc(-c3c(-c4ccc5ccccc5c4)c4cc5oc6ccccc6c5cc4c4cc5c6ccccc6n(-c6ccccc6)c5cc34)cc2)cc1. The zero-order valence-electron chi connectivity index (χ0n) is 34.2. The van der Waals surface area contributed by atoms with Crippen LogP contribution in [0.25, 0.3) is 104 Å². The average molecular weight is 803 g/mol. The summed E-state index contributed by atoms with van der Waals surface area (Å²) in [5.74, 6) is 0. The van der Waals surface area contributed by atoms with E-state index < -0.39 is 0 Å². The molecule has 13 rings (SSSR count). The Hall–Kier alpha value is -8.40. The van der Waals surface area contributed by atoms with Crippen LogP contribution >= 0.6 is 0 Å². The minimum absolute atomic E-state index is 0.884. The molecule has 11 aromatic carbocycles. The Labute approximate surface area is 363 Å². The van der Waals surface area contributed by atoms with Gasteiger partial charge in [-0.3, -0.25) is 0 Å². The van der Waals surface area contributed by atoms with Crippen molar-refractivity contribution in [3.8, 4) is 27.9 Å². The lowest BCUT2D eigenvalue weighted by Crippen LogP contribution is -2.09. The summed E-state index contributed by atoms with van der Waals surface area (Å²) in [6.07, 6.45) is 0. The zero-order valence-corrected chi connectivity index (χ0v) is 34.2. The number of nitrogens with zero attached hydrogens (tertiary/aromatic N) is 2. The molecule has 0 aliphatic rings. The topological polar surface area (TPSA) is 21.3 Å². The highest BCUT2D eigenvalue weighted by atomic mass is 16.3. The van der Waals surface area contributed by atoms with E-state index in [9.17, 15) is 0 Å². The summed E-state index contributed by atoms with van der Waals surface area (Å²) in [6.45, 7) is 0. The van der Waals surface area contributed by atoms with Gasteiger partial charge in [0.05, 0.1) is 11.0 Å². The Morgan fingerprint density at radius 2 is 0.857 bits per heavy atom. The lowest BCUT2D eigenvalue weighted by molar-refractivity contribution is 0.669. The van der Waals surface area contributed by atoms with Crippen LogP contribution in [0.2, 0.25) is 0 Å². The van der Waals surface area contributed by atoms with E-state index >= 15 is 0 Å². The van der Waals surface area contributed by atoms with Crippen LogP contribution in [0.5, 0.6) is 0 Å². The summed E-state index contributed by atoms with van der Waals surface area (Å²) in [5, 5.41) is 11.9. The maximum atomic E-state index is 6.68. The molecule has 0 radical (unpaired) electrons. The van der Waals surface area contributed by atoms with Gasteiger partial charge in [-0.05, 0) is 146 Å². The van der Waals surface area contributed by atoms with Crippen LogP contribution in [0.4, 0.5) is 17.1 Å². The van der Waals surface area contributed by atoms with Gasteiger partial charge in [-0.25, -0.2) is 0 Å². The molecule has 2 heterocycles. The third kappa shape index (κ3) is 5.60. The summed E-state index contributed by atoms with van der Waals surface area (Å²) in [5.41, 5.74) is 13.2. The van der Waals surface area contributed by atoms with Crippen LogP contribution in [0.1, 0.15) is 0 Å². The molecule has 63 heavy (non-hydrogen) atoms. The number of aromatic nitrogens is 1. The molecule has 0 aliphatic carbocycles. The molecule has 0 bridgehead atoms. The normalized spacial score (nSPS) is 11.8. The molecule has 0 atom stereocenters. The molecule has 0 aliphatic heterocycles. The number of fused-ring (bicyclic) bond motifs is 10. The maximum Gasteiger partial charge on any atom is 0.136 e. The second kappa shape index (κ2) is 14.1. The Balaban J connectivity index is 1.18. The lowest BCUT2D eigenvalue weighted by Gasteiger charge is -2.26. The number of rotatable bonds is 6. The van der Waals surface area contributed by atoms with Gasteiger partial charge in [-0.15, -0.1) is 0 Å². The lowest BCUT2D eigenvalue weighted by atomic mass is 9.83. The fourth-order valence-corrected chi connectivity index (χ4v) is 10.1. The molecular weight excluding hydrogens is 765 g/mol. The van der Waals surface area contributed by atoms with E-state index in [0.717, 1.165) is 61.2 Å². The first kappa shape index (κ1) is 35.4. The van der Waals surface area contributed by atoms with E-state index in [1.54, 1.807) is 0 Å². The molecule has 0 fully saturated rings. The molecule has 0 spiro atoms. The van der Waals surface area contributed by atoms with Gasteiger partial charge in [0.25, 0.3) is 0 Å². The van der Waals surface area contributed by atoms with Gasteiger partial charge >= 0.3 is 0 Å². The highest BCUT2D eigenvalue weighted by Crippen LogP contribution is 2.49. The van der Waals surface area contributed by atoms with Crippen molar-refractivity contribution in [1.82, 2.24) is 4.57 Å². The molecule has 3 heteroatoms. The summed E-state index contributed by atoms with van der Waals surface area (Å²) in [4.78, 5) is 2.33. The molecule has 0 N–H and O–H groups in total. The second-order valence-corrected chi connectivity index (χ2v) is 16.5. The van der Waals surface area contributed by atoms with Crippen molar-refractivity contribution >= 4 is 93.1 Å². The van der Waals surface area contributed by atoms with Crippen LogP contribution in [0.3, 0.4) is 0 Å². The first-order valence-corrected chi connectivity index (χ1v) is 21.6. The van der Waals surface area contributed by atoms with Crippen molar-refractivity contribution in [2.75, 3.05) is 4.90 Å². The van der Waals surface area contributed by atoms with Crippen molar-refractivity contribution in [1.29, 1.82) is 0 Å². The van der Waals surface area contributed by atoms with Gasteiger partial charge in [-0.2, -0.15) is 0 Å². The Bertz CT molecular complexity index is 3850. The smallest absolute Gasteiger partial charge is 0.136 e. The van der Waals surface area contributed by atoms with Gasteiger partial charge in [0.15, 0.2) is 0 Å². The second-order valence-electron chi connectivity index (χ2n) is 16.5. The van der Waals surface area contributed by atoms with E-state index in [4.69, 9.17) is 4.42 Å². The van der Waals surface area contributed by atoms with E-state index in [-0.39, 0.29) is 0 Å². The van der Waals surface area contributed by atoms with E-state index in [1.807, 2.05) is 0 Å². The van der Waals surface area contributed by atoms with Gasteiger partial charge in [0.2, 0.25) is 0 Å². The molecule has 0 amide bonds. The molecule has 3 nitrogen and oxygen atoms in total. The summed E-state index contributed by atoms with van der Waals surface area (Å²) >= 11 is 0. The van der Waals surface area contributed by atoms with Crippen molar-refractivity contribution in [2.45, 2.75) is 0 Å². The highest BCUT2D eigenvalue weighted by Gasteiger charge is 2.23. The fraction of sp³-hybridized carbons (Fsp3) is 0. The van der Waals surface area contributed by atoms with Crippen LogP contribution < -0.4 is 4.90 Å². The van der Waals surface area contributed by atoms with Crippen LogP contribution in [-0.2, 0) is 0 Å². The maximum absolute atomic E-state index is 6.68. The molecule has 0 unspecified atom stereocenters. The monoisotopic (exact) mass is 802 g/mol. The van der Waals surface area contributed by atoms with Gasteiger partial charge < -0.3 is 13.9 Å². The summed E-state index contributed by atoms with van der Waals surface area (Å²) in [7, 11) is 0. The van der Waals surface area contributed by atoms with Gasteiger partial charge in [0.1, 0.15) is 11.2 Å². The third-order valence-electron chi connectivity index (χ3n) is 12.9. The van der Waals surface area contributed by atoms with E-state index in [2.05, 4.69) is 240 Å². The van der Waals surface area contributed by atoms with Crippen LogP contribution in [0, 0.1) is 0 Å².